The van der Waals surface area contributed by atoms with Crippen LogP contribution in [0.4, 0.5) is 4.39 Å². The Morgan fingerprint density at radius 2 is 2.05 bits per heavy atom. The number of aryl methyl sites for hydroxylation is 1. The molecule has 0 fully saturated rings. The molecule has 0 saturated carbocycles. The van der Waals surface area contributed by atoms with Crippen molar-refractivity contribution in [2.45, 2.75) is 32.9 Å². The van der Waals surface area contributed by atoms with Crippen LogP contribution in [0.15, 0.2) is 23.6 Å². The van der Waals surface area contributed by atoms with Crippen molar-refractivity contribution in [3.8, 4) is 0 Å². The quantitative estimate of drug-likeness (QED) is 0.888. The molecule has 2 atom stereocenters. The molecule has 102 valence electrons. The molecule has 1 N–H and O–H groups in total. The Balaban J connectivity index is 2.07. The van der Waals surface area contributed by atoms with Crippen LogP contribution in [0.5, 0.6) is 0 Å². The normalized spacial score (nSPS) is 14.4. The molecule has 0 aliphatic heterocycles. The highest BCUT2D eigenvalue weighted by molar-refractivity contribution is 7.09. The second-order valence-electron chi connectivity index (χ2n) is 4.61. The first kappa shape index (κ1) is 14.4. The van der Waals surface area contributed by atoms with E-state index in [9.17, 15) is 4.39 Å². The van der Waals surface area contributed by atoms with Crippen LogP contribution in [0, 0.1) is 12.7 Å². The third-order valence-corrected chi connectivity index (χ3v) is 4.40. The van der Waals surface area contributed by atoms with Crippen LogP contribution in [0.25, 0.3) is 0 Å². The summed E-state index contributed by atoms with van der Waals surface area (Å²) in [6.45, 7) is 6.03. The van der Waals surface area contributed by atoms with E-state index in [-0.39, 0.29) is 22.9 Å². The maximum Gasteiger partial charge on any atom is 0.142 e. The monoisotopic (exact) mass is 298 g/mol. The molecular formula is C14H16ClFN2S. The summed E-state index contributed by atoms with van der Waals surface area (Å²) >= 11 is 7.32. The van der Waals surface area contributed by atoms with Crippen LogP contribution < -0.4 is 5.32 Å². The first-order valence-corrected chi connectivity index (χ1v) is 7.36. The zero-order chi connectivity index (χ0) is 14.0. The molecule has 0 spiro atoms. The zero-order valence-electron chi connectivity index (χ0n) is 11.1. The molecule has 0 radical (unpaired) electrons. The number of nitrogens with zero attached hydrogens (tertiary/aromatic N) is 1. The Hall–Kier alpha value is -0.970. The molecule has 5 heteroatoms. The van der Waals surface area contributed by atoms with Crippen molar-refractivity contribution in [1.82, 2.24) is 10.3 Å². The van der Waals surface area contributed by atoms with Crippen LogP contribution in [0.1, 0.15) is 42.2 Å². The van der Waals surface area contributed by atoms with Crippen molar-refractivity contribution in [3.63, 3.8) is 0 Å². The van der Waals surface area contributed by atoms with Crippen LogP contribution in [0.3, 0.4) is 0 Å². The third kappa shape index (κ3) is 3.53. The fourth-order valence-electron chi connectivity index (χ4n) is 1.90. The van der Waals surface area contributed by atoms with Crippen molar-refractivity contribution in [3.05, 3.63) is 50.7 Å². The topological polar surface area (TPSA) is 24.9 Å². The maximum absolute atomic E-state index is 13.4. The average Bonchev–Trinajstić information content (AvgIpc) is 2.79. The molecule has 0 aliphatic carbocycles. The number of rotatable bonds is 4. The van der Waals surface area contributed by atoms with Crippen molar-refractivity contribution in [2.24, 2.45) is 0 Å². The van der Waals surface area contributed by atoms with Crippen molar-refractivity contribution >= 4 is 22.9 Å². The highest BCUT2D eigenvalue weighted by Crippen LogP contribution is 2.24. The average molecular weight is 299 g/mol. The van der Waals surface area contributed by atoms with E-state index in [2.05, 4.69) is 17.2 Å². The molecule has 0 amide bonds. The number of halogens is 2. The summed E-state index contributed by atoms with van der Waals surface area (Å²) in [5.74, 6) is -0.384. The lowest BCUT2D eigenvalue weighted by Gasteiger charge is -2.19. The molecule has 2 unspecified atom stereocenters. The Kier molecular flexibility index (Phi) is 4.55. The fourth-order valence-corrected chi connectivity index (χ4v) is 2.83. The summed E-state index contributed by atoms with van der Waals surface area (Å²) in [6.07, 6.45) is 0. The highest BCUT2D eigenvalue weighted by Gasteiger charge is 2.14. The first-order chi connectivity index (χ1) is 8.97. The SMILES string of the molecule is Cc1csc(C(C)NC(C)c2ccc(Cl)c(F)c2)n1. The van der Waals surface area contributed by atoms with Crippen LogP contribution >= 0.6 is 22.9 Å². The minimum absolute atomic E-state index is 0.0333. The summed E-state index contributed by atoms with van der Waals surface area (Å²) in [6, 6.07) is 5.06. The Bertz CT molecular complexity index is 570. The molecule has 1 aromatic heterocycles. The van der Waals surface area contributed by atoms with Gasteiger partial charge in [0.1, 0.15) is 10.8 Å². The summed E-state index contributed by atoms with van der Waals surface area (Å²) in [4.78, 5) is 4.45. The van der Waals surface area contributed by atoms with Gasteiger partial charge in [0, 0.05) is 17.1 Å². The second-order valence-corrected chi connectivity index (χ2v) is 5.91. The van der Waals surface area contributed by atoms with E-state index >= 15 is 0 Å². The fraction of sp³-hybridized carbons (Fsp3) is 0.357. The third-order valence-electron chi connectivity index (χ3n) is 2.95. The van der Waals surface area contributed by atoms with E-state index in [1.54, 1.807) is 17.4 Å². The molecule has 0 bridgehead atoms. The van der Waals surface area contributed by atoms with Gasteiger partial charge in [-0.15, -0.1) is 11.3 Å². The Morgan fingerprint density at radius 1 is 1.32 bits per heavy atom. The molecule has 2 rings (SSSR count). The summed E-state index contributed by atoms with van der Waals surface area (Å²) in [5.41, 5.74) is 1.90. The van der Waals surface area contributed by atoms with Gasteiger partial charge in [0.05, 0.1) is 11.1 Å². The van der Waals surface area contributed by atoms with Crippen molar-refractivity contribution in [1.29, 1.82) is 0 Å². The lowest BCUT2D eigenvalue weighted by Crippen LogP contribution is -2.22. The van der Waals surface area contributed by atoms with Crippen molar-refractivity contribution in [2.75, 3.05) is 0 Å². The lowest BCUT2D eigenvalue weighted by molar-refractivity contribution is 0.490. The molecule has 2 aromatic rings. The van der Waals surface area contributed by atoms with E-state index in [0.717, 1.165) is 16.3 Å². The van der Waals surface area contributed by atoms with E-state index in [1.807, 2.05) is 25.3 Å². The number of benzene rings is 1. The van der Waals surface area contributed by atoms with Gasteiger partial charge in [0.2, 0.25) is 0 Å². The summed E-state index contributed by atoms with van der Waals surface area (Å²) < 4.78 is 13.4. The lowest BCUT2D eigenvalue weighted by atomic mass is 10.1. The molecule has 0 aliphatic rings. The van der Waals surface area contributed by atoms with Gasteiger partial charge in [-0.05, 0) is 38.5 Å². The summed E-state index contributed by atoms with van der Waals surface area (Å²) in [7, 11) is 0. The number of nitrogens with one attached hydrogen (secondary N) is 1. The van der Waals surface area contributed by atoms with Gasteiger partial charge in [-0.3, -0.25) is 0 Å². The molecule has 0 saturated heterocycles. The molecule has 2 nitrogen and oxygen atoms in total. The van der Waals surface area contributed by atoms with Gasteiger partial charge in [-0.2, -0.15) is 0 Å². The molecular weight excluding hydrogens is 283 g/mol. The first-order valence-electron chi connectivity index (χ1n) is 6.10. The van der Waals surface area contributed by atoms with E-state index in [4.69, 9.17) is 11.6 Å². The van der Waals surface area contributed by atoms with E-state index < -0.39 is 0 Å². The Labute approximate surface area is 121 Å². The maximum atomic E-state index is 13.4. The Morgan fingerprint density at radius 3 is 2.63 bits per heavy atom. The van der Waals surface area contributed by atoms with Gasteiger partial charge in [-0.25, -0.2) is 9.37 Å². The molecule has 19 heavy (non-hydrogen) atoms. The van der Waals surface area contributed by atoms with E-state index in [1.165, 1.54) is 6.07 Å². The van der Waals surface area contributed by atoms with Gasteiger partial charge < -0.3 is 5.32 Å². The predicted octanol–water partition coefficient (Wildman–Crippen LogP) is 4.66. The standard InChI is InChI=1S/C14H16ClFN2S/c1-8-7-19-14(17-8)10(3)18-9(2)11-4-5-12(15)13(16)6-11/h4-7,9-10,18H,1-3H3. The number of aromatic nitrogens is 1. The van der Waals surface area contributed by atoms with Crippen molar-refractivity contribution < 1.29 is 4.39 Å². The van der Waals surface area contributed by atoms with Crippen LogP contribution in [-0.2, 0) is 0 Å². The zero-order valence-corrected chi connectivity index (χ0v) is 12.6. The van der Waals surface area contributed by atoms with E-state index in [0.29, 0.717) is 0 Å². The van der Waals surface area contributed by atoms with Gasteiger partial charge in [0.15, 0.2) is 0 Å². The van der Waals surface area contributed by atoms with Crippen LogP contribution in [0.2, 0.25) is 5.02 Å². The minimum atomic E-state index is -0.384. The van der Waals surface area contributed by atoms with Gasteiger partial charge in [-0.1, -0.05) is 17.7 Å². The summed E-state index contributed by atoms with van der Waals surface area (Å²) in [5, 5.41) is 6.63. The highest BCUT2D eigenvalue weighted by atomic mass is 35.5. The number of hydrogen-bond acceptors (Lipinski definition) is 3. The largest absolute Gasteiger partial charge is 0.302 e. The predicted molar refractivity (Wildman–Crippen MR) is 78.2 cm³/mol. The second kappa shape index (κ2) is 5.99. The molecule has 1 aromatic carbocycles. The van der Waals surface area contributed by atoms with Gasteiger partial charge >= 0.3 is 0 Å². The van der Waals surface area contributed by atoms with Crippen LogP contribution in [-0.4, -0.2) is 4.98 Å². The smallest absolute Gasteiger partial charge is 0.142 e. The number of thiazole rings is 1. The molecule has 1 heterocycles. The van der Waals surface area contributed by atoms with Gasteiger partial charge in [0.25, 0.3) is 0 Å². The number of hydrogen-bond donors (Lipinski definition) is 1. The minimum Gasteiger partial charge on any atom is -0.302 e.